The maximum absolute atomic E-state index is 13.0. The number of Topliss-reactive ketones (excluding diaryl/α,β-unsaturated/α-hetero) is 1. The van der Waals surface area contributed by atoms with Crippen molar-refractivity contribution in [1.29, 1.82) is 0 Å². The summed E-state index contributed by atoms with van der Waals surface area (Å²) in [5, 5.41) is 0. The van der Waals surface area contributed by atoms with E-state index in [9.17, 15) is 9.18 Å². The molecule has 1 aromatic carbocycles. The fraction of sp³-hybridized carbons (Fsp3) is 0.300. The van der Waals surface area contributed by atoms with Crippen LogP contribution in [0.1, 0.15) is 24.2 Å². The molecule has 1 nitrogen and oxygen atoms in total. The maximum Gasteiger partial charge on any atom is 0.183 e. The molecule has 1 aromatic rings. The average Bonchev–Trinajstić information content (AvgIpc) is 2.04. The molecule has 64 valence electrons. The van der Waals surface area contributed by atoms with Crippen LogP contribution in [-0.2, 0) is 4.79 Å². The topological polar surface area (TPSA) is 17.1 Å². The van der Waals surface area contributed by atoms with Gasteiger partial charge < -0.3 is 0 Å². The SMILES string of the molecule is CC(=O)C(F)c1ccc(C)cc1. The van der Waals surface area contributed by atoms with Crippen LogP contribution in [0, 0.1) is 6.92 Å². The van der Waals surface area contributed by atoms with Crippen LogP contribution in [-0.4, -0.2) is 5.78 Å². The van der Waals surface area contributed by atoms with Crippen molar-refractivity contribution in [3.63, 3.8) is 0 Å². The monoisotopic (exact) mass is 166 g/mol. The van der Waals surface area contributed by atoms with Gasteiger partial charge in [-0.2, -0.15) is 0 Å². The highest BCUT2D eigenvalue weighted by molar-refractivity contribution is 5.81. The number of rotatable bonds is 2. The molecule has 1 rings (SSSR count). The van der Waals surface area contributed by atoms with Crippen molar-refractivity contribution in [2.45, 2.75) is 20.0 Å². The van der Waals surface area contributed by atoms with Gasteiger partial charge in [0.05, 0.1) is 0 Å². The smallest absolute Gasteiger partial charge is 0.183 e. The molecule has 0 spiro atoms. The summed E-state index contributed by atoms with van der Waals surface area (Å²) in [4.78, 5) is 10.7. The fourth-order valence-electron chi connectivity index (χ4n) is 0.970. The third kappa shape index (κ3) is 1.91. The second-order valence-corrected chi connectivity index (χ2v) is 2.88. The Labute approximate surface area is 71.2 Å². The zero-order valence-electron chi connectivity index (χ0n) is 7.17. The van der Waals surface area contributed by atoms with Crippen LogP contribution < -0.4 is 0 Å². The lowest BCUT2D eigenvalue weighted by Gasteiger charge is -2.03. The Morgan fingerprint density at radius 2 is 1.83 bits per heavy atom. The molecule has 0 fully saturated rings. The first-order chi connectivity index (χ1) is 5.61. The van der Waals surface area contributed by atoms with E-state index in [-0.39, 0.29) is 0 Å². The van der Waals surface area contributed by atoms with Gasteiger partial charge in [0.15, 0.2) is 12.0 Å². The molecule has 0 saturated carbocycles. The first kappa shape index (κ1) is 8.91. The first-order valence-electron chi connectivity index (χ1n) is 3.82. The Bertz CT molecular complexity index is 276. The summed E-state index contributed by atoms with van der Waals surface area (Å²) in [5.41, 5.74) is 1.50. The summed E-state index contributed by atoms with van der Waals surface area (Å²) in [6.45, 7) is 3.18. The summed E-state index contributed by atoms with van der Waals surface area (Å²) in [6.07, 6.45) is -1.47. The van der Waals surface area contributed by atoms with E-state index in [0.717, 1.165) is 5.56 Å². The van der Waals surface area contributed by atoms with Crippen molar-refractivity contribution < 1.29 is 9.18 Å². The summed E-state index contributed by atoms with van der Waals surface area (Å²) >= 11 is 0. The largest absolute Gasteiger partial charge is 0.296 e. The molecule has 2 heteroatoms. The van der Waals surface area contributed by atoms with Crippen LogP contribution in [0.25, 0.3) is 0 Å². The van der Waals surface area contributed by atoms with Crippen molar-refractivity contribution in [3.05, 3.63) is 35.4 Å². The van der Waals surface area contributed by atoms with E-state index < -0.39 is 12.0 Å². The van der Waals surface area contributed by atoms with Gasteiger partial charge in [0.25, 0.3) is 0 Å². The second kappa shape index (κ2) is 3.48. The van der Waals surface area contributed by atoms with Gasteiger partial charge in [0.1, 0.15) is 0 Å². The molecule has 0 heterocycles. The molecule has 0 aliphatic rings. The van der Waals surface area contributed by atoms with Gasteiger partial charge in [-0.3, -0.25) is 4.79 Å². The maximum atomic E-state index is 13.0. The van der Waals surface area contributed by atoms with Crippen molar-refractivity contribution in [2.75, 3.05) is 0 Å². The van der Waals surface area contributed by atoms with Crippen LogP contribution in [0.3, 0.4) is 0 Å². The third-order valence-electron chi connectivity index (χ3n) is 1.73. The zero-order chi connectivity index (χ0) is 9.14. The summed E-state index contributed by atoms with van der Waals surface area (Å²) < 4.78 is 13.0. The molecule has 1 unspecified atom stereocenters. The molecule has 0 bridgehead atoms. The Morgan fingerprint density at radius 1 is 1.33 bits per heavy atom. The minimum absolute atomic E-state index is 0.438. The van der Waals surface area contributed by atoms with Crippen molar-refractivity contribution in [3.8, 4) is 0 Å². The van der Waals surface area contributed by atoms with Gasteiger partial charge in [-0.1, -0.05) is 29.8 Å². The molecule has 0 aliphatic carbocycles. The Balaban J connectivity index is 2.89. The zero-order valence-corrected chi connectivity index (χ0v) is 7.17. The van der Waals surface area contributed by atoms with E-state index in [1.54, 1.807) is 24.3 Å². The lowest BCUT2D eigenvalue weighted by molar-refractivity contribution is -0.121. The predicted molar refractivity (Wildman–Crippen MR) is 45.7 cm³/mol. The molecule has 0 saturated heterocycles. The molecule has 12 heavy (non-hydrogen) atoms. The van der Waals surface area contributed by atoms with Crippen molar-refractivity contribution in [1.82, 2.24) is 0 Å². The number of carbonyl (C=O) groups is 1. The molecular weight excluding hydrogens is 155 g/mol. The summed E-state index contributed by atoms with van der Waals surface area (Å²) in [6, 6.07) is 6.87. The summed E-state index contributed by atoms with van der Waals surface area (Å²) in [5.74, 6) is -0.446. The highest BCUT2D eigenvalue weighted by atomic mass is 19.1. The van der Waals surface area contributed by atoms with E-state index >= 15 is 0 Å². The number of benzene rings is 1. The van der Waals surface area contributed by atoms with Gasteiger partial charge in [0, 0.05) is 0 Å². The van der Waals surface area contributed by atoms with Crippen LogP contribution in [0.2, 0.25) is 0 Å². The normalized spacial score (nSPS) is 12.6. The minimum Gasteiger partial charge on any atom is -0.296 e. The predicted octanol–water partition coefficient (Wildman–Crippen LogP) is 2.59. The van der Waals surface area contributed by atoms with E-state index in [2.05, 4.69) is 0 Å². The molecule has 0 aromatic heterocycles. The first-order valence-corrected chi connectivity index (χ1v) is 3.82. The van der Waals surface area contributed by atoms with Crippen LogP contribution in [0.5, 0.6) is 0 Å². The number of carbonyl (C=O) groups excluding carboxylic acids is 1. The molecule has 0 aliphatic heterocycles. The standard InChI is InChI=1S/C10H11FO/c1-7-3-5-9(6-4-7)10(11)8(2)12/h3-6,10H,1-2H3. The number of ketones is 1. The average molecular weight is 166 g/mol. The van der Waals surface area contributed by atoms with Gasteiger partial charge >= 0.3 is 0 Å². The lowest BCUT2D eigenvalue weighted by atomic mass is 10.1. The van der Waals surface area contributed by atoms with E-state index in [4.69, 9.17) is 0 Å². The van der Waals surface area contributed by atoms with Crippen LogP contribution >= 0.6 is 0 Å². The second-order valence-electron chi connectivity index (χ2n) is 2.88. The van der Waals surface area contributed by atoms with E-state index in [1.165, 1.54) is 6.92 Å². The lowest BCUT2D eigenvalue weighted by Crippen LogP contribution is -2.02. The van der Waals surface area contributed by atoms with Crippen LogP contribution in [0.15, 0.2) is 24.3 Å². The summed E-state index contributed by atoms with van der Waals surface area (Å²) in [7, 11) is 0. The molecular formula is C10H11FO. The molecule has 1 atom stereocenters. The van der Waals surface area contributed by atoms with Gasteiger partial charge in [0.2, 0.25) is 0 Å². The van der Waals surface area contributed by atoms with E-state index in [1.807, 2.05) is 6.92 Å². The Morgan fingerprint density at radius 3 is 2.25 bits per heavy atom. The number of aryl methyl sites for hydroxylation is 1. The van der Waals surface area contributed by atoms with Gasteiger partial charge in [-0.15, -0.1) is 0 Å². The highest BCUT2D eigenvalue weighted by Gasteiger charge is 2.13. The van der Waals surface area contributed by atoms with Gasteiger partial charge in [-0.25, -0.2) is 4.39 Å². The quantitative estimate of drug-likeness (QED) is 0.660. The highest BCUT2D eigenvalue weighted by Crippen LogP contribution is 2.18. The van der Waals surface area contributed by atoms with Crippen molar-refractivity contribution in [2.24, 2.45) is 0 Å². The third-order valence-corrected chi connectivity index (χ3v) is 1.73. The molecule has 0 amide bonds. The number of hydrogen-bond acceptors (Lipinski definition) is 1. The van der Waals surface area contributed by atoms with Gasteiger partial charge in [-0.05, 0) is 19.4 Å². The Hall–Kier alpha value is -1.18. The number of halogens is 1. The number of alkyl halides is 1. The fourth-order valence-corrected chi connectivity index (χ4v) is 0.970. The number of hydrogen-bond donors (Lipinski definition) is 0. The molecule has 0 radical (unpaired) electrons. The van der Waals surface area contributed by atoms with E-state index in [0.29, 0.717) is 5.56 Å². The van der Waals surface area contributed by atoms with Crippen molar-refractivity contribution >= 4 is 5.78 Å². The minimum atomic E-state index is -1.47. The van der Waals surface area contributed by atoms with Crippen LogP contribution in [0.4, 0.5) is 4.39 Å². The molecule has 0 N–H and O–H groups in total. The Kier molecular flexibility index (Phi) is 2.58.